The fraction of sp³-hybridized carbons (Fsp3) is 0.250. The van der Waals surface area contributed by atoms with E-state index in [1.165, 1.54) is 5.56 Å². The Morgan fingerprint density at radius 1 is 1.39 bits per heavy atom. The Labute approximate surface area is 113 Å². The minimum Gasteiger partial charge on any atom is -0.369 e. The monoisotopic (exact) mass is 308 g/mol. The number of pyridine rings is 1. The van der Waals surface area contributed by atoms with Gasteiger partial charge in [0.2, 0.25) is 0 Å². The molecule has 0 radical (unpaired) electrons. The molecule has 18 heavy (non-hydrogen) atoms. The topological polar surface area (TPSA) is 70.7 Å². The van der Waals surface area contributed by atoms with Crippen LogP contribution in [-0.4, -0.2) is 21.5 Å². The van der Waals surface area contributed by atoms with E-state index in [2.05, 4.69) is 36.2 Å². The summed E-state index contributed by atoms with van der Waals surface area (Å²) in [6.07, 6.45) is 4.38. The van der Waals surface area contributed by atoms with Gasteiger partial charge in [0.1, 0.15) is 16.1 Å². The van der Waals surface area contributed by atoms with Crippen molar-refractivity contribution in [3.05, 3.63) is 50.7 Å². The van der Waals surface area contributed by atoms with E-state index >= 15 is 0 Å². The molecule has 0 saturated heterocycles. The third kappa shape index (κ3) is 3.16. The number of aromatic nitrogens is 3. The predicted octanol–water partition coefficient (Wildman–Crippen LogP) is 1.89. The Balaban J connectivity index is 2.01. The first-order valence-corrected chi connectivity index (χ1v) is 6.35. The molecule has 0 fully saturated rings. The van der Waals surface area contributed by atoms with Gasteiger partial charge < -0.3 is 10.3 Å². The zero-order valence-corrected chi connectivity index (χ0v) is 11.5. The molecule has 0 saturated carbocycles. The third-order valence-electron chi connectivity index (χ3n) is 2.44. The summed E-state index contributed by atoms with van der Waals surface area (Å²) in [7, 11) is 0. The summed E-state index contributed by atoms with van der Waals surface area (Å²) in [5, 5.41) is 3.14. The lowest BCUT2D eigenvalue weighted by Gasteiger charge is -2.07. The van der Waals surface area contributed by atoms with E-state index in [0.29, 0.717) is 22.7 Å². The molecule has 5 nitrogen and oxygen atoms in total. The van der Waals surface area contributed by atoms with Crippen molar-refractivity contribution in [2.75, 3.05) is 11.9 Å². The number of hydrogen-bond donors (Lipinski definition) is 2. The fourth-order valence-corrected chi connectivity index (χ4v) is 1.89. The summed E-state index contributed by atoms with van der Waals surface area (Å²) in [6, 6.07) is 3.93. The van der Waals surface area contributed by atoms with E-state index in [9.17, 15) is 4.79 Å². The zero-order valence-electron chi connectivity index (χ0n) is 9.90. The van der Waals surface area contributed by atoms with Gasteiger partial charge in [0.15, 0.2) is 0 Å². The van der Waals surface area contributed by atoms with Crippen molar-refractivity contribution >= 4 is 21.7 Å². The molecule has 2 heterocycles. The zero-order chi connectivity index (χ0) is 13.0. The molecule has 0 unspecified atom stereocenters. The quantitative estimate of drug-likeness (QED) is 0.905. The van der Waals surface area contributed by atoms with Crippen molar-refractivity contribution in [3.63, 3.8) is 0 Å². The summed E-state index contributed by atoms with van der Waals surface area (Å²) in [4.78, 5) is 22.3. The number of aryl methyl sites for hydroxylation is 1. The highest BCUT2D eigenvalue weighted by Gasteiger charge is 2.06. The molecule has 2 rings (SSSR count). The number of rotatable bonds is 4. The summed E-state index contributed by atoms with van der Waals surface area (Å²) in [5.41, 5.74) is 1.02. The third-order valence-corrected chi connectivity index (χ3v) is 3.17. The second kappa shape index (κ2) is 5.77. The Hall–Kier alpha value is -1.69. The summed E-state index contributed by atoms with van der Waals surface area (Å²) >= 11 is 3.22. The molecule has 0 aliphatic rings. The van der Waals surface area contributed by atoms with Gasteiger partial charge in [-0.3, -0.25) is 9.78 Å². The van der Waals surface area contributed by atoms with E-state index in [4.69, 9.17) is 0 Å². The number of halogens is 1. The van der Waals surface area contributed by atoms with Gasteiger partial charge in [-0.05, 0) is 47.0 Å². The summed E-state index contributed by atoms with van der Waals surface area (Å²) in [5.74, 6) is 1.17. The molecule has 6 heteroatoms. The van der Waals surface area contributed by atoms with E-state index in [1.807, 2.05) is 12.1 Å². The van der Waals surface area contributed by atoms with Crippen LogP contribution in [0.15, 0.2) is 33.8 Å². The molecule has 0 aliphatic carbocycles. The molecule has 2 aromatic heterocycles. The van der Waals surface area contributed by atoms with E-state index in [0.717, 1.165) is 6.42 Å². The maximum Gasteiger partial charge on any atom is 0.267 e. The number of nitrogens with one attached hydrogen (secondary N) is 2. The molecule has 2 aromatic rings. The van der Waals surface area contributed by atoms with Crippen LogP contribution in [0.4, 0.5) is 5.82 Å². The van der Waals surface area contributed by atoms with Crippen LogP contribution in [0, 0.1) is 6.92 Å². The standard InChI is InChI=1S/C12H13BrN4O/c1-8-16-11(10(13)12(18)17-8)15-7-4-9-2-5-14-6-3-9/h2-3,5-6H,4,7H2,1H3,(H2,15,16,17,18). The van der Waals surface area contributed by atoms with Crippen molar-refractivity contribution in [2.24, 2.45) is 0 Å². The molecule has 0 amide bonds. The highest BCUT2D eigenvalue weighted by molar-refractivity contribution is 9.10. The maximum absolute atomic E-state index is 11.5. The number of aromatic amines is 1. The largest absolute Gasteiger partial charge is 0.369 e. The van der Waals surface area contributed by atoms with Crippen molar-refractivity contribution in [1.82, 2.24) is 15.0 Å². The molecular weight excluding hydrogens is 296 g/mol. The number of hydrogen-bond acceptors (Lipinski definition) is 4. The minimum absolute atomic E-state index is 0.172. The predicted molar refractivity (Wildman–Crippen MR) is 73.7 cm³/mol. The van der Waals surface area contributed by atoms with Gasteiger partial charge in [-0.2, -0.15) is 0 Å². The first-order chi connectivity index (χ1) is 8.66. The van der Waals surface area contributed by atoms with Crippen LogP contribution in [-0.2, 0) is 6.42 Å². The van der Waals surface area contributed by atoms with Crippen LogP contribution >= 0.6 is 15.9 Å². The fourth-order valence-electron chi connectivity index (χ4n) is 1.56. The number of H-pyrrole nitrogens is 1. The van der Waals surface area contributed by atoms with Gasteiger partial charge in [-0.1, -0.05) is 0 Å². The van der Waals surface area contributed by atoms with Crippen LogP contribution in [0.1, 0.15) is 11.4 Å². The highest BCUT2D eigenvalue weighted by atomic mass is 79.9. The molecule has 94 valence electrons. The van der Waals surface area contributed by atoms with Crippen molar-refractivity contribution in [1.29, 1.82) is 0 Å². The van der Waals surface area contributed by atoms with Crippen LogP contribution in [0.5, 0.6) is 0 Å². The second-order valence-corrected chi connectivity index (χ2v) is 4.64. The van der Waals surface area contributed by atoms with Crippen molar-refractivity contribution in [2.45, 2.75) is 13.3 Å². The average Bonchev–Trinajstić information content (AvgIpc) is 2.36. The van der Waals surface area contributed by atoms with E-state index in [1.54, 1.807) is 19.3 Å². The number of nitrogens with zero attached hydrogens (tertiary/aromatic N) is 2. The van der Waals surface area contributed by atoms with Crippen molar-refractivity contribution in [3.8, 4) is 0 Å². The highest BCUT2D eigenvalue weighted by Crippen LogP contribution is 2.14. The van der Waals surface area contributed by atoms with Crippen LogP contribution in [0.3, 0.4) is 0 Å². The van der Waals surface area contributed by atoms with Gasteiger partial charge in [0, 0.05) is 18.9 Å². The maximum atomic E-state index is 11.5. The molecule has 2 N–H and O–H groups in total. The normalized spacial score (nSPS) is 10.3. The Morgan fingerprint density at radius 3 is 2.83 bits per heavy atom. The van der Waals surface area contributed by atoms with Gasteiger partial charge in [-0.25, -0.2) is 4.98 Å². The van der Waals surface area contributed by atoms with Crippen LogP contribution in [0.25, 0.3) is 0 Å². The molecule has 0 aliphatic heterocycles. The molecule has 0 spiro atoms. The SMILES string of the molecule is Cc1nc(NCCc2ccncc2)c(Br)c(=O)[nH]1. The summed E-state index contributed by atoms with van der Waals surface area (Å²) in [6.45, 7) is 2.46. The Kier molecular flexibility index (Phi) is 4.09. The molecule has 0 bridgehead atoms. The molecule has 0 aromatic carbocycles. The van der Waals surface area contributed by atoms with E-state index < -0.39 is 0 Å². The smallest absolute Gasteiger partial charge is 0.267 e. The van der Waals surface area contributed by atoms with Gasteiger partial charge in [0.25, 0.3) is 5.56 Å². The van der Waals surface area contributed by atoms with Crippen LogP contribution < -0.4 is 10.9 Å². The minimum atomic E-state index is -0.172. The van der Waals surface area contributed by atoms with Gasteiger partial charge >= 0.3 is 0 Å². The first kappa shape index (κ1) is 12.8. The number of anilines is 1. The molecular formula is C12H13BrN4O. The lowest BCUT2D eigenvalue weighted by molar-refractivity contribution is 0.959. The second-order valence-electron chi connectivity index (χ2n) is 3.85. The van der Waals surface area contributed by atoms with Crippen molar-refractivity contribution < 1.29 is 0 Å². The van der Waals surface area contributed by atoms with Gasteiger partial charge in [0.05, 0.1) is 0 Å². The average molecular weight is 309 g/mol. The molecule has 0 atom stereocenters. The van der Waals surface area contributed by atoms with Crippen LogP contribution in [0.2, 0.25) is 0 Å². The lowest BCUT2D eigenvalue weighted by Crippen LogP contribution is -2.16. The Morgan fingerprint density at radius 2 is 2.11 bits per heavy atom. The van der Waals surface area contributed by atoms with Gasteiger partial charge in [-0.15, -0.1) is 0 Å². The van der Waals surface area contributed by atoms with E-state index in [-0.39, 0.29) is 5.56 Å². The Bertz CT molecular complexity index is 582. The summed E-state index contributed by atoms with van der Waals surface area (Å²) < 4.78 is 0.433. The lowest BCUT2D eigenvalue weighted by atomic mass is 10.2. The first-order valence-electron chi connectivity index (χ1n) is 5.56.